The van der Waals surface area contributed by atoms with Crippen LogP contribution in [0.4, 0.5) is 5.13 Å². The molecular weight excluding hydrogens is 438 g/mol. The SMILES string of the molecule is CCCc1nnc(NC(=O)CSc2nc(-c3ccc(OC)cc3)nc3cc(=O)[nH]n23)s1. The number of hydrogen-bond donors (Lipinski definition) is 2. The summed E-state index contributed by atoms with van der Waals surface area (Å²) >= 11 is 2.55. The van der Waals surface area contributed by atoms with Crippen molar-refractivity contribution < 1.29 is 9.53 Å². The fourth-order valence-corrected chi connectivity index (χ4v) is 4.36. The van der Waals surface area contributed by atoms with Crippen LogP contribution in [0.25, 0.3) is 17.0 Å². The summed E-state index contributed by atoms with van der Waals surface area (Å²) in [5.41, 5.74) is 0.882. The Morgan fingerprint density at radius 3 is 2.81 bits per heavy atom. The third-order valence-electron chi connectivity index (χ3n) is 4.18. The van der Waals surface area contributed by atoms with Crippen molar-refractivity contribution in [1.29, 1.82) is 0 Å². The van der Waals surface area contributed by atoms with E-state index in [0.717, 1.165) is 23.4 Å². The zero-order valence-electron chi connectivity index (χ0n) is 16.8. The van der Waals surface area contributed by atoms with Crippen LogP contribution in [-0.4, -0.2) is 48.5 Å². The molecule has 0 bridgehead atoms. The maximum absolute atomic E-state index is 12.4. The Hall–Kier alpha value is -3.25. The number of hydrogen-bond acceptors (Lipinski definition) is 9. The minimum atomic E-state index is -0.301. The monoisotopic (exact) mass is 457 g/mol. The van der Waals surface area contributed by atoms with E-state index in [2.05, 4.69) is 37.5 Å². The number of anilines is 1. The van der Waals surface area contributed by atoms with Crippen molar-refractivity contribution in [2.75, 3.05) is 18.2 Å². The van der Waals surface area contributed by atoms with E-state index in [9.17, 15) is 9.59 Å². The van der Waals surface area contributed by atoms with Crippen LogP contribution in [0.2, 0.25) is 0 Å². The fourth-order valence-electron chi connectivity index (χ4n) is 2.75. The van der Waals surface area contributed by atoms with Gasteiger partial charge in [0.2, 0.25) is 11.0 Å². The average molecular weight is 458 g/mol. The van der Waals surface area contributed by atoms with Gasteiger partial charge in [0.15, 0.2) is 16.6 Å². The second-order valence-electron chi connectivity index (χ2n) is 6.46. The standard InChI is InChI=1S/C19H19N7O3S2/c1-3-4-16-23-24-18(31-16)21-15(28)10-30-19-22-17(11-5-7-12(29-2)8-6-11)20-13-9-14(27)25-26(13)19/h5-9H,3-4,10H2,1-2H3,(H,25,27)(H,21,24,28). The molecule has 0 fully saturated rings. The molecule has 0 aliphatic heterocycles. The topological polar surface area (TPSA) is 127 Å². The molecule has 3 heterocycles. The molecule has 0 spiro atoms. The van der Waals surface area contributed by atoms with Gasteiger partial charge in [0.05, 0.1) is 12.9 Å². The molecule has 0 radical (unpaired) electrons. The van der Waals surface area contributed by atoms with Crippen molar-refractivity contribution >= 4 is 39.8 Å². The largest absolute Gasteiger partial charge is 0.497 e. The third-order valence-corrected chi connectivity index (χ3v) is 6.02. The minimum Gasteiger partial charge on any atom is -0.497 e. The lowest BCUT2D eigenvalue weighted by atomic mass is 10.2. The van der Waals surface area contributed by atoms with E-state index in [1.807, 2.05) is 12.1 Å². The molecule has 1 amide bonds. The Morgan fingerprint density at radius 2 is 2.06 bits per heavy atom. The van der Waals surface area contributed by atoms with Gasteiger partial charge in [-0.2, -0.15) is 0 Å². The number of benzene rings is 1. The number of aromatic amines is 1. The molecule has 4 aromatic rings. The summed E-state index contributed by atoms with van der Waals surface area (Å²) in [5, 5.41) is 15.2. The van der Waals surface area contributed by atoms with Crippen LogP contribution in [-0.2, 0) is 11.2 Å². The van der Waals surface area contributed by atoms with Crippen LogP contribution >= 0.6 is 23.1 Å². The molecule has 1 aromatic carbocycles. The van der Waals surface area contributed by atoms with Crippen LogP contribution in [0.3, 0.4) is 0 Å². The van der Waals surface area contributed by atoms with E-state index in [1.54, 1.807) is 19.2 Å². The highest BCUT2D eigenvalue weighted by atomic mass is 32.2. The summed E-state index contributed by atoms with van der Waals surface area (Å²) in [6, 6.07) is 8.66. The van der Waals surface area contributed by atoms with Crippen LogP contribution < -0.4 is 15.6 Å². The first-order valence-corrected chi connectivity index (χ1v) is 11.2. The molecule has 3 aromatic heterocycles. The Labute approximate surface area is 185 Å². The summed E-state index contributed by atoms with van der Waals surface area (Å²) in [4.78, 5) is 33.2. The lowest BCUT2D eigenvalue weighted by Crippen LogP contribution is -2.15. The number of nitrogens with zero attached hydrogens (tertiary/aromatic N) is 5. The number of methoxy groups -OCH3 is 1. The van der Waals surface area contributed by atoms with Gasteiger partial charge in [-0.3, -0.25) is 20.0 Å². The van der Waals surface area contributed by atoms with Crippen molar-refractivity contribution in [1.82, 2.24) is 29.8 Å². The van der Waals surface area contributed by atoms with Gasteiger partial charge >= 0.3 is 0 Å². The quantitative estimate of drug-likeness (QED) is 0.387. The molecule has 160 valence electrons. The van der Waals surface area contributed by atoms with Crippen molar-refractivity contribution in [3.63, 3.8) is 0 Å². The maximum Gasteiger partial charge on any atom is 0.266 e. The smallest absolute Gasteiger partial charge is 0.266 e. The van der Waals surface area contributed by atoms with Crippen molar-refractivity contribution in [3.8, 4) is 17.1 Å². The molecule has 0 atom stereocenters. The second kappa shape index (κ2) is 9.27. The normalized spacial score (nSPS) is 11.0. The summed E-state index contributed by atoms with van der Waals surface area (Å²) in [6.07, 6.45) is 1.80. The molecule has 0 aliphatic rings. The predicted octanol–water partition coefficient (Wildman–Crippen LogP) is 2.63. The van der Waals surface area contributed by atoms with Crippen LogP contribution in [0.5, 0.6) is 5.75 Å². The van der Waals surface area contributed by atoms with Crippen molar-refractivity contribution in [2.45, 2.75) is 24.9 Å². The summed E-state index contributed by atoms with van der Waals surface area (Å²) in [5.74, 6) is 0.999. The molecule has 4 rings (SSSR count). The first kappa shape index (κ1) is 21.0. The summed E-state index contributed by atoms with van der Waals surface area (Å²) in [6.45, 7) is 2.06. The molecule has 2 N–H and O–H groups in total. The first-order chi connectivity index (χ1) is 15.1. The summed E-state index contributed by atoms with van der Waals surface area (Å²) < 4.78 is 6.65. The Bertz CT molecular complexity index is 1260. The van der Waals surface area contributed by atoms with Gasteiger partial charge in [-0.25, -0.2) is 14.5 Å². The van der Waals surface area contributed by atoms with E-state index in [0.29, 0.717) is 27.5 Å². The lowest BCUT2D eigenvalue weighted by molar-refractivity contribution is -0.113. The highest BCUT2D eigenvalue weighted by Gasteiger charge is 2.14. The number of aromatic nitrogens is 6. The fraction of sp³-hybridized carbons (Fsp3) is 0.263. The van der Waals surface area contributed by atoms with E-state index < -0.39 is 0 Å². The number of amides is 1. The number of fused-ring (bicyclic) bond motifs is 1. The highest BCUT2D eigenvalue weighted by molar-refractivity contribution is 7.99. The number of carbonyl (C=O) groups excluding carboxylic acids is 1. The van der Waals surface area contributed by atoms with Gasteiger partial charge in [-0.15, -0.1) is 10.2 Å². The molecule has 0 saturated carbocycles. The number of nitrogens with one attached hydrogen (secondary N) is 2. The highest BCUT2D eigenvalue weighted by Crippen LogP contribution is 2.24. The molecule has 0 aliphatic carbocycles. The molecule has 0 unspecified atom stereocenters. The molecule has 12 heteroatoms. The zero-order valence-corrected chi connectivity index (χ0v) is 18.4. The third kappa shape index (κ3) is 4.91. The lowest BCUT2D eigenvalue weighted by Gasteiger charge is -2.08. The Kier molecular flexibility index (Phi) is 6.28. The van der Waals surface area contributed by atoms with Gasteiger partial charge < -0.3 is 4.74 Å². The number of carbonyl (C=O) groups is 1. The van der Waals surface area contributed by atoms with Gasteiger partial charge in [0.1, 0.15) is 10.8 Å². The van der Waals surface area contributed by atoms with Crippen molar-refractivity contribution in [2.24, 2.45) is 0 Å². The number of ether oxygens (including phenoxy) is 1. The molecule has 10 nitrogen and oxygen atoms in total. The minimum absolute atomic E-state index is 0.0804. The van der Waals surface area contributed by atoms with Gasteiger partial charge in [-0.05, 0) is 30.7 Å². The first-order valence-electron chi connectivity index (χ1n) is 9.45. The van der Waals surface area contributed by atoms with E-state index in [-0.39, 0.29) is 17.2 Å². The number of aryl methyl sites for hydroxylation is 1. The second-order valence-corrected chi connectivity index (χ2v) is 8.46. The maximum atomic E-state index is 12.4. The van der Waals surface area contributed by atoms with Gasteiger partial charge in [0, 0.05) is 18.1 Å². The molecular formula is C19H19N7O3S2. The van der Waals surface area contributed by atoms with Crippen LogP contribution in [0, 0.1) is 0 Å². The number of H-pyrrole nitrogens is 1. The van der Waals surface area contributed by atoms with E-state index in [1.165, 1.54) is 33.7 Å². The van der Waals surface area contributed by atoms with Crippen LogP contribution in [0.15, 0.2) is 40.3 Å². The number of thioether (sulfide) groups is 1. The number of rotatable bonds is 8. The molecule has 0 saturated heterocycles. The predicted molar refractivity (Wildman–Crippen MR) is 119 cm³/mol. The average Bonchev–Trinajstić information content (AvgIpc) is 3.37. The van der Waals surface area contributed by atoms with Gasteiger partial charge in [-0.1, -0.05) is 30.0 Å². The van der Waals surface area contributed by atoms with E-state index in [4.69, 9.17) is 4.74 Å². The zero-order chi connectivity index (χ0) is 21.8. The summed E-state index contributed by atoms with van der Waals surface area (Å²) in [7, 11) is 1.59. The Morgan fingerprint density at radius 1 is 1.26 bits per heavy atom. The Balaban J connectivity index is 1.54. The van der Waals surface area contributed by atoms with Crippen LogP contribution in [0.1, 0.15) is 18.4 Å². The van der Waals surface area contributed by atoms with Gasteiger partial charge in [0.25, 0.3) is 5.56 Å². The molecule has 31 heavy (non-hydrogen) atoms. The van der Waals surface area contributed by atoms with E-state index >= 15 is 0 Å². The van der Waals surface area contributed by atoms with Crippen molar-refractivity contribution in [3.05, 3.63) is 45.7 Å².